The van der Waals surface area contributed by atoms with Crippen molar-refractivity contribution in [2.24, 2.45) is 0 Å². The van der Waals surface area contributed by atoms with Crippen LogP contribution in [0.2, 0.25) is 0 Å². The summed E-state index contributed by atoms with van der Waals surface area (Å²) in [7, 11) is 0. The van der Waals surface area contributed by atoms with Crippen molar-refractivity contribution in [2.45, 2.75) is 19.9 Å². The largest absolute Gasteiger partial charge is 0.321 e. The lowest BCUT2D eigenvalue weighted by molar-refractivity contribution is 0.612. The van der Waals surface area contributed by atoms with E-state index >= 15 is 0 Å². The van der Waals surface area contributed by atoms with Crippen LogP contribution < -0.4 is 10.9 Å². The van der Waals surface area contributed by atoms with Crippen molar-refractivity contribution in [1.29, 1.82) is 0 Å². The first kappa shape index (κ1) is 6.36. The summed E-state index contributed by atoms with van der Waals surface area (Å²) in [6.45, 7) is 4.11. The predicted molar refractivity (Wildman–Crippen MR) is 38.6 cm³/mol. The molecule has 0 aliphatic carbocycles. The zero-order chi connectivity index (χ0) is 6.69. The number of hydrogen-bond donors (Lipinski definition) is 2. The summed E-state index contributed by atoms with van der Waals surface area (Å²) >= 11 is 0. The van der Waals surface area contributed by atoms with Gasteiger partial charge in [-0.3, -0.25) is 0 Å². The van der Waals surface area contributed by atoms with Gasteiger partial charge in [0.25, 0.3) is 0 Å². The smallest absolute Gasteiger partial charge is 0.0460 e. The lowest BCUT2D eigenvalue weighted by Gasteiger charge is -1.98. The van der Waals surface area contributed by atoms with Crippen LogP contribution in [0.25, 0.3) is 0 Å². The number of allylic oxidation sites excluding steroid dienone is 2. The monoisotopic (exact) mass is 124 g/mol. The summed E-state index contributed by atoms with van der Waals surface area (Å²) < 4.78 is 0. The summed E-state index contributed by atoms with van der Waals surface area (Å²) in [6, 6.07) is 0.455. The Labute approximate surface area is 55.6 Å². The molecule has 1 atom stereocenters. The molecule has 0 bridgehead atoms. The van der Waals surface area contributed by atoms with Crippen molar-refractivity contribution in [3.05, 3.63) is 23.9 Å². The van der Waals surface area contributed by atoms with Crippen LogP contribution in [-0.2, 0) is 0 Å². The van der Waals surface area contributed by atoms with Gasteiger partial charge in [0.2, 0.25) is 0 Å². The van der Waals surface area contributed by atoms with Crippen LogP contribution in [0.4, 0.5) is 0 Å². The highest BCUT2D eigenvalue weighted by Gasteiger charge is 2.04. The van der Waals surface area contributed by atoms with Crippen molar-refractivity contribution in [1.82, 2.24) is 10.9 Å². The molecular weight excluding hydrogens is 112 g/mol. The highest BCUT2D eigenvalue weighted by atomic mass is 15.4. The van der Waals surface area contributed by atoms with E-state index in [1.807, 2.05) is 19.1 Å². The van der Waals surface area contributed by atoms with Gasteiger partial charge in [0.15, 0.2) is 0 Å². The minimum Gasteiger partial charge on any atom is -0.321 e. The molecule has 0 aromatic rings. The first-order chi connectivity index (χ1) is 4.33. The molecule has 1 rings (SSSR count). The maximum atomic E-state index is 3.06. The third kappa shape index (κ3) is 1.57. The van der Waals surface area contributed by atoms with Gasteiger partial charge in [-0.05, 0) is 26.0 Å². The van der Waals surface area contributed by atoms with Crippen molar-refractivity contribution in [2.75, 3.05) is 0 Å². The molecule has 2 heteroatoms. The summed E-state index contributed by atoms with van der Waals surface area (Å²) in [4.78, 5) is 0. The van der Waals surface area contributed by atoms with Crippen LogP contribution in [-0.4, -0.2) is 6.04 Å². The van der Waals surface area contributed by atoms with Gasteiger partial charge in [-0.25, -0.2) is 5.43 Å². The van der Waals surface area contributed by atoms with Crippen molar-refractivity contribution < 1.29 is 0 Å². The van der Waals surface area contributed by atoms with Gasteiger partial charge in [-0.15, -0.1) is 0 Å². The van der Waals surface area contributed by atoms with Crippen molar-refractivity contribution in [3.63, 3.8) is 0 Å². The fourth-order valence-electron chi connectivity index (χ4n) is 0.827. The van der Waals surface area contributed by atoms with Crippen LogP contribution in [0.5, 0.6) is 0 Å². The van der Waals surface area contributed by atoms with Crippen LogP contribution in [0.1, 0.15) is 13.8 Å². The molecule has 1 aliphatic rings. The Hall–Kier alpha value is -0.760. The molecule has 2 N–H and O–H groups in total. The van der Waals surface area contributed by atoms with E-state index in [4.69, 9.17) is 0 Å². The molecule has 1 unspecified atom stereocenters. The average molecular weight is 124 g/mol. The molecule has 0 aromatic heterocycles. The Bertz CT molecular complexity index is 147. The molecule has 0 radical (unpaired) electrons. The Morgan fingerprint density at radius 3 is 2.89 bits per heavy atom. The average Bonchev–Trinajstić information content (AvgIpc) is 2.17. The molecule has 0 amide bonds. The predicted octanol–water partition coefficient (Wildman–Crippen LogP) is 0.943. The Kier molecular flexibility index (Phi) is 1.90. The standard InChI is InChI=1S/C7H12N2/c1-3-4-7-5-6(2)8-9-7/h3-6,8-9H,1-2H3/b4-3+. The number of nitrogens with one attached hydrogen (secondary N) is 2. The maximum absolute atomic E-state index is 3.06. The highest BCUT2D eigenvalue weighted by molar-refractivity contribution is 5.21. The molecule has 0 spiro atoms. The van der Waals surface area contributed by atoms with E-state index in [0.29, 0.717) is 6.04 Å². The van der Waals surface area contributed by atoms with Crippen molar-refractivity contribution in [3.8, 4) is 0 Å². The molecule has 0 saturated carbocycles. The molecule has 0 saturated heterocycles. The zero-order valence-electron chi connectivity index (χ0n) is 5.81. The van der Waals surface area contributed by atoms with E-state index in [2.05, 4.69) is 23.9 Å². The Morgan fingerprint density at radius 2 is 2.44 bits per heavy atom. The van der Waals surface area contributed by atoms with E-state index in [-0.39, 0.29) is 0 Å². The van der Waals surface area contributed by atoms with E-state index < -0.39 is 0 Å². The van der Waals surface area contributed by atoms with Gasteiger partial charge in [0.05, 0.1) is 0 Å². The van der Waals surface area contributed by atoms with Crippen LogP contribution in [0, 0.1) is 0 Å². The maximum Gasteiger partial charge on any atom is 0.0460 e. The number of rotatable bonds is 1. The van der Waals surface area contributed by atoms with E-state index in [0.717, 1.165) is 5.70 Å². The summed E-state index contributed by atoms with van der Waals surface area (Å²) in [6.07, 6.45) is 6.19. The van der Waals surface area contributed by atoms with Gasteiger partial charge in [0.1, 0.15) is 0 Å². The SMILES string of the molecule is C/C=C/C1=CC(C)NN1. The van der Waals surface area contributed by atoms with Crippen LogP contribution >= 0.6 is 0 Å². The second kappa shape index (κ2) is 2.69. The molecule has 1 heterocycles. The van der Waals surface area contributed by atoms with Gasteiger partial charge in [-0.2, -0.15) is 0 Å². The Balaban J connectivity index is 2.52. The fraction of sp³-hybridized carbons (Fsp3) is 0.429. The molecule has 1 aliphatic heterocycles. The van der Waals surface area contributed by atoms with Gasteiger partial charge >= 0.3 is 0 Å². The summed E-state index contributed by atoms with van der Waals surface area (Å²) in [5.74, 6) is 0. The topological polar surface area (TPSA) is 24.1 Å². The quantitative estimate of drug-likeness (QED) is 0.543. The van der Waals surface area contributed by atoms with Crippen molar-refractivity contribution >= 4 is 0 Å². The fourth-order valence-corrected chi connectivity index (χ4v) is 0.827. The normalized spacial score (nSPS) is 26.4. The molecule has 50 valence electrons. The second-order valence-corrected chi connectivity index (χ2v) is 2.18. The highest BCUT2D eigenvalue weighted by Crippen LogP contribution is 1.99. The second-order valence-electron chi connectivity index (χ2n) is 2.18. The van der Waals surface area contributed by atoms with Gasteiger partial charge < -0.3 is 5.43 Å². The lowest BCUT2D eigenvalue weighted by atomic mass is 10.3. The molecule has 2 nitrogen and oxygen atoms in total. The molecule has 0 aromatic carbocycles. The van der Waals surface area contributed by atoms with Gasteiger partial charge in [-0.1, -0.05) is 6.08 Å². The molecular formula is C7H12N2. The summed E-state index contributed by atoms with van der Waals surface area (Å²) in [5.41, 5.74) is 7.25. The van der Waals surface area contributed by atoms with E-state index in [9.17, 15) is 0 Å². The third-order valence-corrected chi connectivity index (χ3v) is 1.22. The Morgan fingerprint density at radius 1 is 1.67 bits per heavy atom. The number of hydrazine groups is 1. The lowest BCUT2D eigenvalue weighted by Crippen LogP contribution is -2.29. The minimum absolute atomic E-state index is 0.455. The molecule has 9 heavy (non-hydrogen) atoms. The van der Waals surface area contributed by atoms with Crippen LogP contribution in [0.3, 0.4) is 0 Å². The minimum atomic E-state index is 0.455. The first-order valence-electron chi connectivity index (χ1n) is 3.19. The zero-order valence-corrected chi connectivity index (χ0v) is 5.81. The van der Waals surface area contributed by atoms with Crippen LogP contribution in [0.15, 0.2) is 23.9 Å². The summed E-state index contributed by atoms with van der Waals surface area (Å²) in [5, 5.41) is 0. The number of hydrogen-bond acceptors (Lipinski definition) is 2. The van der Waals surface area contributed by atoms with E-state index in [1.165, 1.54) is 0 Å². The molecule has 0 fully saturated rings. The third-order valence-electron chi connectivity index (χ3n) is 1.22. The first-order valence-corrected chi connectivity index (χ1v) is 3.19. The van der Waals surface area contributed by atoms with Gasteiger partial charge in [0, 0.05) is 11.7 Å². The van der Waals surface area contributed by atoms with E-state index in [1.54, 1.807) is 0 Å².